The summed E-state index contributed by atoms with van der Waals surface area (Å²) in [4.78, 5) is 28.8. The van der Waals surface area contributed by atoms with Gasteiger partial charge in [-0.2, -0.15) is 0 Å². The molecule has 10 nitrogen and oxygen atoms in total. The van der Waals surface area contributed by atoms with E-state index in [1.165, 1.54) is 19.1 Å². The van der Waals surface area contributed by atoms with E-state index in [9.17, 15) is 30.0 Å². The van der Waals surface area contributed by atoms with Gasteiger partial charge in [-0.1, -0.05) is 39.8 Å². The minimum atomic E-state index is -2.11. The zero-order chi connectivity index (χ0) is 27.7. The molecule has 2 saturated carbocycles. The maximum Gasteiger partial charge on any atom is 0.429 e. The number of aliphatic hydroxyl groups excluding tert-OH is 2. The number of ether oxygens (including phenoxy) is 2. The molecule has 10 heteroatoms. The van der Waals surface area contributed by atoms with Gasteiger partial charge in [0.25, 0.3) is 0 Å². The van der Waals surface area contributed by atoms with Crippen molar-refractivity contribution >= 4 is 11.8 Å². The summed E-state index contributed by atoms with van der Waals surface area (Å²) in [6.07, 6.45) is 2.85. The molecule has 0 heterocycles. The predicted molar refractivity (Wildman–Crippen MR) is 126 cm³/mol. The minimum absolute atomic E-state index is 0.0785. The van der Waals surface area contributed by atoms with E-state index in [0.29, 0.717) is 12.6 Å². The van der Waals surface area contributed by atoms with Crippen LogP contribution < -0.4 is 0 Å². The molecular formula is C26H35N2O8+. The lowest BCUT2D eigenvalue weighted by Gasteiger charge is -2.53. The van der Waals surface area contributed by atoms with Gasteiger partial charge < -0.3 is 29.9 Å². The lowest BCUT2D eigenvalue weighted by atomic mass is 9.59. The van der Waals surface area contributed by atoms with Gasteiger partial charge >= 0.3 is 18.1 Å². The van der Waals surface area contributed by atoms with Gasteiger partial charge in [-0.05, 0) is 24.5 Å². The Bertz CT molecular complexity index is 1160. The van der Waals surface area contributed by atoms with Crippen LogP contribution in [-0.4, -0.2) is 61.7 Å². The Morgan fingerprint density at radius 1 is 1.36 bits per heavy atom. The lowest BCUT2D eigenvalue weighted by Crippen LogP contribution is -2.66. The quantitative estimate of drug-likeness (QED) is 0.184. The summed E-state index contributed by atoms with van der Waals surface area (Å²) < 4.78 is 19.9. The Kier molecular flexibility index (Phi) is 5.82. The number of esters is 1. The van der Waals surface area contributed by atoms with Crippen LogP contribution in [0.15, 0.2) is 35.4 Å². The van der Waals surface area contributed by atoms with Crippen molar-refractivity contribution in [2.75, 3.05) is 6.58 Å². The van der Waals surface area contributed by atoms with Crippen molar-refractivity contribution in [2.24, 2.45) is 29.1 Å². The standard InChI is InChI=1S/C26H34N2O8/c1-6-7-18(30)36-26-20(23(26,4)5)16-9-15(12-29)10-24(33)17(8-13(2)21(24)32)25(16,34)14(3)22(26)35-19(31)11-28-27/h8-9,11,14,16-17,20,22,29,33-34H,6-7,10,12H2,1-5H3/p+1/b19-11+/t14-,16+,17-,20-,22-,24-,25-,26-/m1/s1/i12T/t12?,14-,16+,17-,20-,22-,24-,25-,26-. The average molecular weight is 506 g/mol. The zero-order valence-electron chi connectivity index (χ0n) is 22.1. The summed E-state index contributed by atoms with van der Waals surface area (Å²) in [6, 6.07) is 0. The highest BCUT2D eigenvalue weighted by atomic mass is 16.6. The first-order valence-electron chi connectivity index (χ1n) is 12.8. The second kappa shape index (κ2) is 8.40. The van der Waals surface area contributed by atoms with Crippen molar-refractivity contribution in [2.45, 2.75) is 76.8 Å². The molecule has 0 aromatic carbocycles. The van der Waals surface area contributed by atoms with E-state index in [0.717, 1.165) is 0 Å². The summed E-state index contributed by atoms with van der Waals surface area (Å²) in [5.74, 6) is -5.47. The highest BCUT2D eigenvalue weighted by molar-refractivity contribution is 6.04. The van der Waals surface area contributed by atoms with Gasteiger partial charge in [0.2, 0.25) is 5.39 Å². The number of ketones is 1. The molecule has 196 valence electrons. The largest absolute Gasteiger partial charge is 0.476 e. The number of carbonyl (C=O) groups is 2. The summed E-state index contributed by atoms with van der Waals surface area (Å²) in [7, 11) is 0. The normalized spacial score (nSPS) is 43.9. The molecule has 4 N–H and O–H groups in total. The van der Waals surface area contributed by atoms with E-state index >= 15 is 0 Å². The molecule has 0 bridgehead atoms. The first-order valence-corrected chi connectivity index (χ1v) is 12.2. The van der Waals surface area contributed by atoms with E-state index in [2.05, 4.69) is 4.98 Å². The third kappa shape index (κ3) is 3.22. The molecule has 1 unspecified atom stereocenters. The Morgan fingerprint density at radius 3 is 2.61 bits per heavy atom. The molecule has 0 spiro atoms. The topological polar surface area (TPSA) is 162 Å². The Morgan fingerprint density at radius 2 is 2.03 bits per heavy atom. The molecule has 36 heavy (non-hydrogen) atoms. The molecule has 2 fully saturated rings. The smallest absolute Gasteiger partial charge is 0.429 e. The second-order valence-electron chi connectivity index (χ2n) is 11.2. The summed E-state index contributed by atoms with van der Waals surface area (Å²) in [5.41, 5.74) is -5.86. The van der Waals surface area contributed by atoms with Gasteiger partial charge in [0.1, 0.15) is 11.7 Å². The fourth-order valence-corrected chi connectivity index (χ4v) is 7.40. The van der Waals surface area contributed by atoms with Crippen molar-refractivity contribution in [3.63, 3.8) is 0 Å². The van der Waals surface area contributed by atoms with E-state index in [1.807, 2.05) is 20.8 Å². The molecule has 4 aliphatic carbocycles. The minimum Gasteiger partial charge on any atom is -0.476 e. The molecule has 0 amide bonds. The maximum absolute atomic E-state index is 13.2. The molecule has 4 rings (SSSR count). The van der Waals surface area contributed by atoms with Crippen LogP contribution in [0.5, 0.6) is 0 Å². The highest BCUT2D eigenvalue weighted by Crippen LogP contribution is 2.77. The average Bonchev–Trinajstić information content (AvgIpc) is 3.23. The van der Waals surface area contributed by atoms with E-state index < -0.39 is 76.3 Å². The summed E-state index contributed by atoms with van der Waals surface area (Å²) in [5, 5.41) is 53.8. The molecule has 9 atom stereocenters. The highest BCUT2D eigenvalue weighted by Gasteiger charge is 2.87. The third-order valence-electron chi connectivity index (χ3n) is 9.03. The molecule has 0 aliphatic heterocycles. The Balaban J connectivity index is 1.97. The van der Waals surface area contributed by atoms with E-state index in [1.54, 1.807) is 6.92 Å². The molecule has 0 aromatic heterocycles. The molecule has 4 aliphatic rings. The molecular weight excluding hydrogens is 468 g/mol. The Labute approximate surface area is 211 Å². The fourth-order valence-electron chi connectivity index (χ4n) is 7.40. The summed E-state index contributed by atoms with van der Waals surface area (Å²) >= 11 is 0. The second-order valence-corrected chi connectivity index (χ2v) is 11.2. The van der Waals surface area contributed by atoms with Gasteiger partial charge in [-0.3, -0.25) is 9.59 Å². The number of diazo groups is 1. The number of carbonyl (C=O) groups excluding carboxylic acids is 2. The summed E-state index contributed by atoms with van der Waals surface area (Å²) in [6.45, 7) is 6.87. The van der Waals surface area contributed by atoms with Crippen molar-refractivity contribution in [1.82, 2.24) is 0 Å². The SMILES string of the molecule is [3H]C(O)C1=C[C@H]2[C@@H]3C(C)(C)[C@]3(OC(=O)CCC)[C@H](O/C(O)=C/[N+]#N)[C@@H](C)[C@]2(O)[C@@H]2C=C(C)C(=O)[C@@]2(O)C1. The number of Topliss-reactive ketones (excluding diaryl/α,β-unsaturated/α-hetero) is 1. The third-order valence-corrected chi connectivity index (χ3v) is 9.03. The number of hydrogen-bond acceptors (Lipinski definition) is 9. The number of aliphatic hydroxyl groups is 4. The van der Waals surface area contributed by atoms with Gasteiger partial charge in [-0.15, -0.1) is 0 Å². The van der Waals surface area contributed by atoms with Crippen LogP contribution in [0.3, 0.4) is 0 Å². The van der Waals surface area contributed by atoms with Crippen LogP contribution in [-0.2, 0) is 19.1 Å². The lowest BCUT2D eigenvalue weighted by molar-refractivity contribution is -0.228. The van der Waals surface area contributed by atoms with Crippen molar-refractivity contribution < 1.29 is 40.9 Å². The maximum atomic E-state index is 13.2. The van der Waals surface area contributed by atoms with Gasteiger partial charge in [0.05, 0.1) is 13.6 Å². The van der Waals surface area contributed by atoms with Crippen LogP contribution >= 0.6 is 0 Å². The van der Waals surface area contributed by atoms with E-state index in [-0.39, 0.29) is 24.0 Å². The number of hydrogen-bond donors (Lipinski definition) is 4. The van der Waals surface area contributed by atoms with Crippen LogP contribution in [0.4, 0.5) is 0 Å². The molecule has 0 aromatic rings. The Hall–Kier alpha value is -2.74. The first kappa shape index (κ1) is 24.9. The van der Waals surface area contributed by atoms with Gasteiger partial charge in [-0.25, -0.2) is 0 Å². The number of fused-ring (bicyclic) bond motifs is 5. The van der Waals surface area contributed by atoms with Crippen LogP contribution in [0, 0.1) is 34.5 Å². The zero-order valence-corrected chi connectivity index (χ0v) is 21.1. The van der Waals surface area contributed by atoms with Crippen molar-refractivity contribution in [1.29, 1.82) is 5.39 Å². The van der Waals surface area contributed by atoms with Crippen LogP contribution in [0.1, 0.15) is 55.3 Å². The molecule has 0 radical (unpaired) electrons. The van der Waals surface area contributed by atoms with Crippen molar-refractivity contribution in [3.05, 3.63) is 40.4 Å². The van der Waals surface area contributed by atoms with Gasteiger partial charge in [0, 0.05) is 41.9 Å². The van der Waals surface area contributed by atoms with Crippen LogP contribution in [0.2, 0.25) is 0 Å². The first-order chi connectivity index (χ1) is 17.1. The molecule has 0 saturated heterocycles. The van der Waals surface area contributed by atoms with Gasteiger partial charge in [0.15, 0.2) is 16.4 Å². The van der Waals surface area contributed by atoms with E-state index in [4.69, 9.17) is 16.2 Å². The number of nitrogens with zero attached hydrogens (tertiary/aromatic N) is 2. The fraction of sp³-hybridized carbons (Fsp3) is 0.692. The van der Waals surface area contributed by atoms with Crippen LogP contribution in [0.25, 0.3) is 4.98 Å². The predicted octanol–water partition coefficient (Wildman–Crippen LogP) is 2.52. The monoisotopic (exact) mass is 505 g/mol. The van der Waals surface area contributed by atoms with Crippen molar-refractivity contribution in [3.8, 4) is 0 Å². The number of rotatable bonds is 6.